The van der Waals surface area contributed by atoms with Crippen molar-refractivity contribution in [2.24, 2.45) is 11.7 Å². The number of nitrogens with two attached hydrogens (primary N) is 1. The van der Waals surface area contributed by atoms with Crippen LogP contribution in [0.5, 0.6) is 34.5 Å². The standard InChI is InChI=1S/C82H86N2O9/c1-13-21-72(80(9,10)92-70-51-35-62(36-52-70)79(7,8)60-33-45-69(46-34-60)91-76(87)82(12,84)93-71-53-37-61(38-54-71)78(5,6)58-25-19-16-20-26-58)74(85)89-67-49-41-65(42-50-67)81(11,63-29-27-56(55-83)28-30-63)64-39-47-66(48-40-64)88-73(22-14-2)75(86)90-68-43-31-59(32-44-68)77(3,4)57-23-17-15-18-24-57/h15-20,23-54,72-73H,13-14,21-22,84H2,1-12H3. The highest BCUT2D eigenvalue weighted by atomic mass is 16.6. The number of hydrogen-bond donors (Lipinski definition) is 1. The van der Waals surface area contributed by atoms with Crippen molar-refractivity contribution < 1.29 is 42.8 Å². The molecular formula is C82H86N2O9. The smallest absolute Gasteiger partial charge is 0.371 e. The summed E-state index contributed by atoms with van der Waals surface area (Å²) in [5, 5.41) is 9.71. The molecule has 4 unspecified atom stereocenters. The predicted octanol–water partition coefficient (Wildman–Crippen LogP) is 17.9. The molecule has 0 bridgehead atoms. The monoisotopic (exact) mass is 1240 g/mol. The minimum absolute atomic E-state index is 0.237. The van der Waals surface area contributed by atoms with Crippen LogP contribution in [-0.4, -0.2) is 35.3 Å². The van der Waals surface area contributed by atoms with Crippen LogP contribution in [0.25, 0.3) is 0 Å². The quantitative estimate of drug-likeness (QED) is 0.0238. The van der Waals surface area contributed by atoms with E-state index in [-0.39, 0.29) is 10.8 Å². The fourth-order valence-electron chi connectivity index (χ4n) is 12.0. The van der Waals surface area contributed by atoms with Crippen molar-refractivity contribution in [3.05, 3.63) is 286 Å². The maximum atomic E-state index is 14.3. The van der Waals surface area contributed by atoms with Gasteiger partial charge in [0.25, 0.3) is 5.72 Å². The van der Waals surface area contributed by atoms with Gasteiger partial charge in [0.2, 0.25) is 0 Å². The van der Waals surface area contributed by atoms with Crippen molar-refractivity contribution in [1.29, 1.82) is 5.26 Å². The summed E-state index contributed by atoms with van der Waals surface area (Å²) >= 11 is 0. The highest BCUT2D eigenvalue weighted by molar-refractivity contribution is 5.81. The summed E-state index contributed by atoms with van der Waals surface area (Å²) < 4.78 is 36.8. The maximum absolute atomic E-state index is 14.3. The normalized spacial score (nSPS) is 13.8. The van der Waals surface area contributed by atoms with Crippen molar-refractivity contribution in [3.8, 4) is 40.6 Å². The first-order valence-electron chi connectivity index (χ1n) is 32.0. The lowest BCUT2D eigenvalue weighted by Gasteiger charge is -2.34. The molecule has 2 N–H and O–H groups in total. The SMILES string of the molecule is CCCC(Oc1ccc(C(C)(c2ccc(C#N)cc2)c2ccc(OC(=O)C(CCC)C(C)(C)Oc3ccc(C(C)(C)c4ccc(OC(=O)C(C)(N)Oc5ccc(C(C)(C)c6ccccc6)cc5)cc4)cc3)cc2)cc1)C(=O)Oc1ccc(C(C)(C)c2ccccc2)cc1. The molecule has 0 saturated carbocycles. The Kier molecular flexibility index (Phi) is 20.7. The zero-order valence-corrected chi connectivity index (χ0v) is 55.6. The Morgan fingerprint density at radius 1 is 0.387 bits per heavy atom. The molecule has 0 aliphatic heterocycles. The molecule has 0 radical (unpaired) electrons. The highest BCUT2D eigenvalue weighted by Crippen LogP contribution is 2.42. The lowest BCUT2D eigenvalue weighted by Crippen LogP contribution is -2.52. The van der Waals surface area contributed by atoms with Gasteiger partial charge < -0.3 is 28.4 Å². The molecule has 0 aliphatic rings. The van der Waals surface area contributed by atoms with Gasteiger partial charge in [0.1, 0.15) is 40.1 Å². The molecule has 0 spiro atoms. The lowest BCUT2D eigenvalue weighted by molar-refractivity contribution is -0.150. The van der Waals surface area contributed by atoms with Gasteiger partial charge >= 0.3 is 17.9 Å². The molecule has 11 nitrogen and oxygen atoms in total. The second kappa shape index (κ2) is 28.4. The van der Waals surface area contributed by atoms with Crippen LogP contribution in [0.3, 0.4) is 0 Å². The number of carbonyl (C=O) groups is 3. The average Bonchev–Trinajstić information content (AvgIpc) is 0.791. The molecule has 0 amide bonds. The third-order valence-electron chi connectivity index (χ3n) is 18.3. The van der Waals surface area contributed by atoms with Crippen LogP contribution < -0.4 is 34.2 Å². The van der Waals surface area contributed by atoms with Crippen molar-refractivity contribution in [3.63, 3.8) is 0 Å². The van der Waals surface area contributed by atoms with Crippen LogP contribution in [0.15, 0.2) is 231 Å². The third kappa shape index (κ3) is 15.6. The molecule has 0 aliphatic carbocycles. The molecule has 93 heavy (non-hydrogen) atoms. The van der Waals surface area contributed by atoms with E-state index in [4.69, 9.17) is 34.2 Å². The van der Waals surface area contributed by atoms with Crippen molar-refractivity contribution in [2.75, 3.05) is 0 Å². The summed E-state index contributed by atoms with van der Waals surface area (Å²) in [4.78, 5) is 41.4. The van der Waals surface area contributed by atoms with Gasteiger partial charge in [-0.25, -0.2) is 9.59 Å². The van der Waals surface area contributed by atoms with E-state index < -0.39 is 52.1 Å². The molecule has 0 heterocycles. The van der Waals surface area contributed by atoms with Crippen LogP contribution in [0, 0.1) is 17.2 Å². The number of esters is 3. The first-order valence-corrected chi connectivity index (χ1v) is 32.0. The van der Waals surface area contributed by atoms with E-state index in [0.717, 1.165) is 45.4 Å². The Hall–Kier alpha value is -9.76. The molecular weight excluding hydrogens is 1160 g/mol. The number of carbonyl (C=O) groups excluding carboxylic acids is 3. The molecule has 9 rings (SSSR count). The van der Waals surface area contributed by atoms with E-state index in [1.54, 1.807) is 24.3 Å². The molecule has 0 aromatic heterocycles. The van der Waals surface area contributed by atoms with Gasteiger partial charge in [-0.15, -0.1) is 0 Å². The number of rotatable bonds is 26. The summed E-state index contributed by atoms with van der Waals surface area (Å²) in [5.41, 5.74) is 11.9. The number of nitrogens with zero attached hydrogens (tertiary/aromatic N) is 1. The lowest BCUT2D eigenvalue weighted by atomic mass is 9.71. The van der Waals surface area contributed by atoms with E-state index in [0.29, 0.717) is 59.3 Å². The molecule has 9 aromatic rings. The molecule has 4 atom stereocenters. The fourth-order valence-corrected chi connectivity index (χ4v) is 12.0. The number of benzene rings is 9. The Labute approximate surface area is 549 Å². The van der Waals surface area contributed by atoms with Gasteiger partial charge in [-0.3, -0.25) is 10.5 Å². The summed E-state index contributed by atoms with van der Waals surface area (Å²) in [5.74, 6) is 0.490. The summed E-state index contributed by atoms with van der Waals surface area (Å²) in [6.45, 7) is 24.4. The third-order valence-corrected chi connectivity index (χ3v) is 18.3. The fraction of sp³-hybridized carbons (Fsp3) is 0.293. The second-order valence-corrected chi connectivity index (χ2v) is 26.5. The first kappa shape index (κ1) is 67.6. The van der Waals surface area contributed by atoms with E-state index in [1.807, 2.05) is 210 Å². The molecule has 11 heteroatoms. The van der Waals surface area contributed by atoms with Crippen molar-refractivity contribution in [2.45, 2.75) is 148 Å². The van der Waals surface area contributed by atoms with E-state index in [9.17, 15) is 19.6 Å². The van der Waals surface area contributed by atoms with Gasteiger partial charge in [-0.05, 0) is 169 Å². The van der Waals surface area contributed by atoms with Crippen molar-refractivity contribution in [1.82, 2.24) is 0 Å². The topological polar surface area (TPSA) is 156 Å². The number of hydrogen-bond acceptors (Lipinski definition) is 11. The molecule has 0 fully saturated rings. The van der Waals surface area contributed by atoms with Gasteiger partial charge in [-0.2, -0.15) is 5.26 Å². The summed E-state index contributed by atoms with van der Waals surface area (Å²) in [6, 6.07) is 76.0. The Balaban J connectivity index is 0.823. The van der Waals surface area contributed by atoms with Gasteiger partial charge in [0, 0.05) is 28.6 Å². The summed E-state index contributed by atoms with van der Waals surface area (Å²) in [6.07, 6.45) is 1.57. The van der Waals surface area contributed by atoms with Gasteiger partial charge in [0.05, 0.1) is 17.6 Å². The van der Waals surface area contributed by atoms with E-state index >= 15 is 0 Å². The highest BCUT2D eigenvalue weighted by Gasteiger charge is 2.40. The van der Waals surface area contributed by atoms with Crippen LogP contribution in [0.1, 0.15) is 164 Å². The number of ether oxygens (including phenoxy) is 6. The molecule has 9 aromatic carbocycles. The summed E-state index contributed by atoms with van der Waals surface area (Å²) in [7, 11) is 0. The van der Waals surface area contributed by atoms with Crippen LogP contribution in [0.4, 0.5) is 0 Å². The zero-order valence-electron chi connectivity index (χ0n) is 55.6. The van der Waals surface area contributed by atoms with Gasteiger partial charge in [0.15, 0.2) is 6.10 Å². The Morgan fingerprint density at radius 2 is 0.710 bits per heavy atom. The molecule has 478 valence electrons. The minimum atomic E-state index is -1.76. The van der Waals surface area contributed by atoms with Gasteiger partial charge in [-0.1, -0.05) is 214 Å². The number of nitriles is 1. The van der Waals surface area contributed by atoms with Crippen LogP contribution in [-0.2, 0) is 36.0 Å². The average molecular weight is 1240 g/mol. The first-order chi connectivity index (χ1) is 44.3. The largest absolute Gasteiger partial charge is 0.487 e. The Bertz CT molecular complexity index is 4000. The Morgan fingerprint density at radius 3 is 1.10 bits per heavy atom. The van der Waals surface area contributed by atoms with Crippen LogP contribution >= 0.6 is 0 Å². The van der Waals surface area contributed by atoms with Crippen LogP contribution in [0.2, 0.25) is 0 Å². The molecule has 0 saturated heterocycles. The van der Waals surface area contributed by atoms with E-state index in [1.165, 1.54) is 18.1 Å². The minimum Gasteiger partial charge on any atom is -0.487 e. The van der Waals surface area contributed by atoms with E-state index in [2.05, 4.69) is 78.8 Å². The zero-order chi connectivity index (χ0) is 66.8. The predicted molar refractivity (Wildman–Crippen MR) is 367 cm³/mol. The van der Waals surface area contributed by atoms with Crippen molar-refractivity contribution >= 4 is 17.9 Å². The second-order valence-electron chi connectivity index (χ2n) is 26.5. The maximum Gasteiger partial charge on any atom is 0.371 e.